The first-order chi connectivity index (χ1) is 21.2. The maximum atomic E-state index is 14.1. The molecular weight excluding hydrogens is 677 g/mol. The van der Waals surface area contributed by atoms with Crippen molar-refractivity contribution in [3.05, 3.63) is 39.5 Å². The van der Waals surface area contributed by atoms with Crippen LogP contribution >= 0.6 is 22.6 Å². The summed E-state index contributed by atoms with van der Waals surface area (Å²) in [5, 5.41) is 23.8. The van der Waals surface area contributed by atoms with E-state index in [1.165, 1.54) is 6.42 Å². The summed E-state index contributed by atoms with van der Waals surface area (Å²) in [6.45, 7) is 10.3. The van der Waals surface area contributed by atoms with Gasteiger partial charge in [0.2, 0.25) is 11.8 Å². The zero-order valence-electron chi connectivity index (χ0n) is 26.3. The van der Waals surface area contributed by atoms with Crippen LogP contribution in [0.25, 0.3) is 0 Å². The first-order valence-electron chi connectivity index (χ1n) is 16.1. The summed E-state index contributed by atoms with van der Waals surface area (Å²) in [6, 6.07) is 6.79. The Morgan fingerprint density at radius 3 is 2.66 bits per heavy atom. The minimum Gasteiger partial charge on any atom is -0.482 e. The van der Waals surface area contributed by atoms with Crippen molar-refractivity contribution in [1.82, 2.24) is 15.1 Å². The lowest BCUT2D eigenvalue weighted by Gasteiger charge is -2.42. The van der Waals surface area contributed by atoms with Crippen LogP contribution in [-0.2, 0) is 19.1 Å². The van der Waals surface area contributed by atoms with Gasteiger partial charge in [-0.25, -0.2) is 0 Å². The predicted molar refractivity (Wildman–Crippen MR) is 176 cm³/mol. The number of nitrogens with zero attached hydrogens (tertiary/aromatic N) is 2. The number of nitrogens with one attached hydrogen (secondary N) is 1. The van der Waals surface area contributed by atoms with Crippen molar-refractivity contribution in [2.75, 3.05) is 59.2 Å². The summed E-state index contributed by atoms with van der Waals surface area (Å²) in [4.78, 5) is 31.2. The van der Waals surface area contributed by atoms with E-state index in [2.05, 4.69) is 53.6 Å². The van der Waals surface area contributed by atoms with Crippen molar-refractivity contribution in [2.45, 2.75) is 70.8 Å². The quantitative estimate of drug-likeness (QED) is 0.266. The first-order valence-corrected chi connectivity index (χ1v) is 17.2. The van der Waals surface area contributed by atoms with Gasteiger partial charge in [-0.1, -0.05) is 39.3 Å². The van der Waals surface area contributed by atoms with Crippen molar-refractivity contribution in [2.24, 2.45) is 17.8 Å². The molecule has 3 N–H and O–H groups in total. The van der Waals surface area contributed by atoms with Gasteiger partial charge in [0.05, 0.1) is 35.5 Å². The Bertz CT molecular complexity index is 1110. The van der Waals surface area contributed by atoms with Crippen LogP contribution in [0.2, 0.25) is 0 Å². The van der Waals surface area contributed by atoms with Gasteiger partial charge in [0.25, 0.3) is 0 Å². The molecule has 1 heterocycles. The molecule has 0 aromatic heterocycles. The summed E-state index contributed by atoms with van der Waals surface area (Å²) in [5.74, 6) is 1.45. The number of amides is 2. The van der Waals surface area contributed by atoms with E-state index in [4.69, 9.17) is 14.2 Å². The Kier molecular flexibility index (Phi) is 13.7. The van der Waals surface area contributed by atoms with Gasteiger partial charge in [-0.15, -0.1) is 0 Å². The molecule has 0 spiro atoms. The van der Waals surface area contributed by atoms with Gasteiger partial charge < -0.3 is 34.6 Å². The number of benzene rings is 1. The fourth-order valence-corrected chi connectivity index (χ4v) is 7.10. The van der Waals surface area contributed by atoms with E-state index >= 15 is 0 Å². The molecule has 1 aromatic rings. The second kappa shape index (κ2) is 17.2. The van der Waals surface area contributed by atoms with Gasteiger partial charge in [-0.2, -0.15) is 0 Å². The Labute approximate surface area is 275 Å². The van der Waals surface area contributed by atoms with Crippen molar-refractivity contribution < 1.29 is 34.0 Å². The maximum Gasteiger partial charge on any atom is 0.248 e. The number of para-hydroxylation sites is 1. The van der Waals surface area contributed by atoms with Crippen LogP contribution in [0.4, 0.5) is 0 Å². The Morgan fingerprint density at radius 2 is 1.95 bits per heavy atom. The van der Waals surface area contributed by atoms with Crippen LogP contribution in [0, 0.1) is 21.3 Å². The van der Waals surface area contributed by atoms with Gasteiger partial charge in [-0.3, -0.25) is 14.5 Å². The lowest BCUT2D eigenvalue weighted by Crippen LogP contribution is -2.57. The molecule has 1 aromatic carbocycles. The molecule has 0 radical (unpaired) electrons. The minimum absolute atomic E-state index is 0.0102. The summed E-state index contributed by atoms with van der Waals surface area (Å²) >= 11 is 2.18. The number of rotatable bonds is 13. The summed E-state index contributed by atoms with van der Waals surface area (Å²) in [6.07, 6.45) is 3.08. The number of morpholine rings is 1. The Morgan fingerprint density at radius 1 is 1.20 bits per heavy atom. The number of hydrogen-bond acceptors (Lipinski definition) is 8. The largest absolute Gasteiger partial charge is 0.482 e. The van der Waals surface area contributed by atoms with Crippen molar-refractivity contribution >= 4 is 34.4 Å². The van der Waals surface area contributed by atoms with Crippen LogP contribution in [0.3, 0.4) is 0 Å². The minimum atomic E-state index is -1.08. The highest BCUT2D eigenvalue weighted by atomic mass is 127. The van der Waals surface area contributed by atoms with Gasteiger partial charge in [0.15, 0.2) is 0 Å². The van der Waals surface area contributed by atoms with E-state index < -0.39 is 18.2 Å². The standard InChI is InChI=1S/C33H50IN3O7/c1-22(2)25-9-8-23(3)18-29(25)43-21-31(39)37(12-11-36-13-16-42-17-14-36)27-19-24(33(41)35-10-15-38)20-30(32(27)40)44-28-7-5-4-6-26(28)34/h4-7,20,22-23,25,27,29-30,32,38,40H,8-19,21H2,1-3H3,(H,35,41). The lowest BCUT2D eigenvalue weighted by atomic mass is 9.75. The van der Waals surface area contributed by atoms with E-state index in [9.17, 15) is 19.8 Å². The number of aliphatic hydroxyl groups is 2. The van der Waals surface area contributed by atoms with Gasteiger partial charge >= 0.3 is 0 Å². The van der Waals surface area contributed by atoms with Gasteiger partial charge in [0, 0.05) is 44.7 Å². The van der Waals surface area contributed by atoms with E-state index in [0.717, 1.165) is 29.5 Å². The Hall–Kier alpha value is -1.77. The molecule has 44 heavy (non-hydrogen) atoms. The van der Waals surface area contributed by atoms with E-state index in [0.29, 0.717) is 55.4 Å². The van der Waals surface area contributed by atoms with Crippen LogP contribution in [-0.4, -0.2) is 115 Å². The van der Waals surface area contributed by atoms with E-state index in [1.807, 2.05) is 24.3 Å². The molecule has 0 bridgehead atoms. The second-order valence-corrected chi connectivity index (χ2v) is 13.8. The average Bonchev–Trinajstić information content (AvgIpc) is 3.01. The van der Waals surface area contributed by atoms with Gasteiger partial charge in [-0.05, 0) is 71.4 Å². The van der Waals surface area contributed by atoms with E-state index in [-0.39, 0.29) is 44.1 Å². The molecule has 11 heteroatoms. The van der Waals surface area contributed by atoms with E-state index in [1.54, 1.807) is 11.0 Å². The van der Waals surface area contributed by atoms with Gasteiger partial charge in [0.1, 0.15) is 24.6 Å². The highest BCUT2D eigenvalue weighted by molar-refractivity contribution is 14.1. The molecule has 6 atom stereocenters. The number of halogens is 1. The van der Waals surface area contributed by atoms with Crippen molar-refractivity contribution in [3.63, 3.8) is 0 Å². The molecule has 2 amide bonds. The number of carbonyl (C=O) groups excluding carboxylic acids is 2. The third-order valence-electron chi connectivity index (χ3n) is 9.18. The molecule has 1 saturated carbocycles. The highest BCUT2D eigenvalue weighted by Crippen LogP contribution is 2.36. The summed E-state index contributed by atoms with van der Waals surface area (Å²) in [7, 11) is 0. The molecular formula is C33H50IN3O7. The van der Waals surface area contributed by atoms with Crippen molar-refractivity contribution in [1.29, 1.82) is 0 Å². The molecule has 3 aliphatic rings. The monoisotopic (exact) mass is 727 g/mol. The molecule has 1 saturated heterocycles. The number of carbonyl (C=O) groups is 2. The third kappa shape index (κ3) is 9.62. The zero-order valence-corrected chi connectivity index (χ0v) is 28.5. The smallest absolute Gasteiger partial charge is 0.248 e. The topological polar surface area (TPSA) is 121 Å². The highest BCUT2D eigenvalue weighted by Gasteiger charge is 2.41. The molecule has 4 rings (SSSR count). The number of hydrogen-bond donors (Lipinski definition) is 3. The van der Waals surface area contributed by atoms with Crippen molar-refractivity contribution in [3.8, 4) is 5.75 Å². The number of aliphatic hydroxyl groups excluding tert-OH is 2. The van der Waals surface area contributed by atoms with Crippen LogP contribution < -0.4 is 10.1 Å². The lowest BCUT2D eigenvalue weighted by molar-refractivity contribution is -0.149. The molecule has 10 nitrogen and oxygen atoms in total. The Balaban J connectivity index is 1.58. The molecule has 1 aliphatic heterocycles. The maximum absolute atomic E-state index is 14.1. The fraction of sp³-hybridized carbons (Fsp3) is 0.697. The third-order valence-corrected chi connectivity index (χ3v) is 10.1. The zero-order chi connectivity index (χ0) is 31.6. The molecule has 246 valence electrons. The molecule has 2 aliphatic carbocycles. The summed E-state index contributed by atoms with van der Waals surface area (Å²) < 4.78 is 19.1. The normalized spacial score (nSPS) is 27.9. The van der Waals surface area contributed by atoms with Crippen LogP contribution in [0.15, 0.2) is 35.9 Å². The van der Waals surface area contributed by atoms with Crippen LogP contribution in [0.1, 0.15) is 46.5 Å². The fourth-order valence-electron chi connectivity index (χ4n) is 6.58. The molecule has 2 fully saturated rings. The average molecular weight is 728 g/mol. The second-order valence-electron chi connectivity index (χ2n) is 12.7. The number of ether oxygens (including phenoxy) is 3. The summed E-state index contributed by atoms with van der Waals surface area (Å²) in [5.41, 5.74) is 0.413. The SMILES string of the molecule is CC1CCC(C(C)C)C(OCC(=O)N(CCN2CCOCC2)C2CC(C(=O)NCCO)=CC(Oc3ccccc3I)C2O)C1. The van der Waals surface area contributed by atoms with Crippen LogP contribution in [0.5, 0.6) is 5.75 Å². The predicted octanol–water partition coefficient (Wildman–Crippen LogP) is 2.84. The first kappa shape index (κ1) is 35.1. The molecule has 6 unspecified atom stereocenters.